The van der Waals surface area contributed by atoms with Crippen LogP contribution < -0.4 is 14.8 Å². The van der Waals surface area contributed by atoms with Crippen LogP contribution in [0.25, 0.3) is 0 Å². The molecule has 0 aliphatic heterocycles. The molecular formula is C22H20IN3O6. The molecule has 0 saturated carbocycles. The number of non-ortho nitro benzene ring substituents is 2. The molecule has 0 fully saturated rings. The molecule has 3 aromatic rings. The summed E-state index contributed by atoms with van der Waals surface area (Å²) in [6.45, 7) is 3.01. The Labute approximate surface area is 197 Å². The Bertz CT molecular complexity index is 1120. The molecule has 0 aromatic heterocycles. The molecule has 0 amide bonds. The van der Waals surface area contributed by atoms with Crippen molar-refractivity contribution in [2.24, 2.45) is 0 Å². The van der Waals surface area contributed by atoms with E-state index in [1.807, 2.05) is 19.1 Å². The summed E-state index contributed by atoms with van der Waals surface area (Å²) in [6.07, 6.45) is 0. The van der Waals surface area contributed by atoms with Crippen LogP contribution in [0.2, 0.25) is 0 Å². The Morgan fingerprint density at radius 3 is 2.28 bits per heavy atom. The van der Waals surface area contributed by atoms with Crippen molar-refractivity contribution < 1.29 is 19.3 Å². The molecule has 0 heterocycles. The largest absolute Gasteiger partial charge is 0.490 e. The Hall–Kier alpha value is -3.41. The minimum Gasteiger partial charge on any atom is -0.490 e. The first-order chi connectivity index (χ1) is 15.4. The molecule has 9 nitrogen and oxygen atoms in total. The van der Waals surface area contributed by atoms with E-state index in [-0.39, 0.29) is 18.0 Å². The van der Waals surface area contributed by atoms with Gasteiger partial charge in [0.15, 0.2) is 11.5 Å². The maximum absolute atomic E-state index is 11.0. The molecule has 0 atom stereocenters. The molecule has 3 rings (SSSR count). The van der Waals surface area contributed by atoms with Crippen LogP contribution in [0.5, 0.6) is 11.5 Å². The lowest BCUT2D eigenvalue weighted by molar-refractivity contribution is -0.385. The van der Waals surface area contributed by atoms with Crippen LogP contribution >= 0.6 is 22.6 Å². The highest BCUT2D eigenvalue weighted by Gasteiger charge is 2.14. The molecule has 0 radical (unpaired) electrons. The maximum Gasteiger partial charge on any atom is 0.271 e. The standard InChI is InChI=1S/C22H20IN3O6/c1-2-31-21-11-16(13-24-17-4-3-5-19(12-17)26(29)30)10-20(23)22(21)32-14-15-6-8-18(9-7-15)25(27)28/h3-12,24H,2,13-14H2,1H3. The molecule has 0 bridgehead atoms. The van der Waals surface area contributed by atoms with Gasteiger partial charge in [-0.1, -0.05) is 6.07 Å². The number of anilines is 1. The van der Waals surface area contributed by atoms with E-state index in [1.54, 1.807) is 24.3 Å². The number of nitro groups is 2. The van der Waals surface area contributed by atoms with Crippen molar-refractivity contribution in [2.75, 3.05) is 11.9 Å². The maximum atomic E-state index is 11.0. The van der Waals surface area contributed by atoms with Crippen molar-refractivity contribution in [3.8, 4) is 11.5 Å². The summed E-state index contributed by atoms with van der Waals surface area (Å²) in [5.74, 6) is 1.17. The fraction of sp³-hybridized carbons (Fsp3) is 0.182. The summed E-state index contributed by atoms with van der Waals surface area (Å²) in [4.78, 5) is 20.9. The van der Waals surface area contributed by atoms with Gasteiger partial charge in [0, 0.05) is 36.5 Å². The van der Waals surface area contributed by atoms with Gasteiger partial charge in [-0.25, -0.2) is 0 Å². The second-order valence-electron chi connectivity index (χ2n) is 6.71. The van der Waals surface area contributed by atoms with Gasteiger partial charge >= 0.3 is 0 Å². The molecular weight excluding hydrogens is 529 g/mol. The zero-order valence-corrected chi connectivity index (χ0v) is 19.3. The van der Waals surface area contributed by atoms with Gasteiger partial charge in [-0.3, -0.25) is 20.2 Å². The van der Waals surface area contributed by atoms with Crippen LogP contribution in [0.4, 0.5) is 17.1 Å². The van der Waals surface area contributed by atoms with Crippen LogP contribution in [-0.2, 0) is 13.2 Å². The molecule has 0 saturated heterocycles. The lowest BCUT2D eigenvalue weighted by Crippen LogP contribution is -2.05. The third-order valence-corrected chi connectivity index (χ3v) is 5.25. The van der Waals surface area contributed by atoms with E-state index in [9.17, 15) is 20.2 Å². The van der Waals surface area contributed by atoms with Crippen molar-refractivity contribution in [1.82, 2.24) is 0 Å². The fourth-order valence-corrected chi connectivity index (χ4v) is 3.75. The van der Waals surface area contributed by atoms with E-state index in [1.165, 1.54) is 24.3 Å². The van der Waals surface area contributed by atoms with Gasteiger partial charge in [0.25, 0.3) is 11.4 Å². The average molecular weight is 549 g/mol. The zero-order valence-electron chi connectivity index (χ0n) is 17.1. The van der Waals surface area contributed by atoms with Crippen molar-refractivity contribution >= 4 is 39.7 Å². The Kier molecular flexibility index (Phi) is 7.82. The third kappa shape index (κ3) is 6.06. The highest BCUT2D eigenvalue weighted by molar-refractivity contribution is 14.1. The second kappa shape index (κ2) is 10.8. The quantitative estimate of drug-likeness (QED) is 0.196. The summed E-state index contributed by atoms with van der Waals surface area (Å²) >= 11 is 2.16. The second-order valence-corrected chi connectivity index (χ2v) is 7.87. The highest BCUT2D eigenvalue weighted by Crippen LogP contribution is 2.35. The minimum atomic E-state index is -0.443. The van der Waals surface area contributed by atoms with Gasteiger partial charge in [0.05, 0.1) is 20.0 Å². The minimum absolute atomic E-state index is 0.0228. The first-order valence-electron chi connectivity index (χ1n) is 9.67. The Morgan fingerprint density at radius 1 is 0.906 bits per heavy atom. The summed E-state index contributed by atoms with van der Waals surface area (Å²) in [5.41, 5.74) is 2.41. The van der Waals surface area contributed by atoms with Gasteiger partial charge < -0.3 is 14.8 Å². The number of hydrogen-bond acceptors (Lipinski definition) is 7. The van der Waals surface area contributed by atoms with Gasteiger partial charge in [-0.05, 0) is 71.0 Å². The van der Waals surface area contributed by atoms with Gasteiger partial charge in [0.1, 0.15) is 6.61 Å². The van der Waals surface area contributed by atoms with E-state index < -0.39 is 9.85 Å². The van der Waals surface area contributed by atoms with E-state index in [2.05, 4.69) is 27.9 Å². The molecule has 10 heteroatoms. The predicted octanol–water partition coefficient (Wildman–Crippen LogP) is 5.70. The first kappa shape index (κ1) is 23.3. The molecule has 0 aliphatic carbocycles. The normalized spacial score (nSPS) is 10.4. The van der Waals surface area contributed by atoms with Crippen molar-refractivity contribution in [3.63, 3.8) is 0 Å². The number of benzene rings is 3. The van der Waals surface area contributed by atoms with E-state index in [4.69, 9.17) is 9.47 Å². The number of ether oxygens (including phenoxy) is 2. The fourth-order valence-electron chi connectivity index (χ4n) is 2.93. The number of hydrogen-bond donors (Lipinski definition) is 1. The van der Waals surface area contributed by atoms with Crippen LogP contribution in [0.3, 0.4) is 0 Å². The van der Waals surface area contributed by atoms with Crippen LogP contribution in [0, 0.1) is 23.8 Å². The Morgan fingerprint density at radius 2 is 1.62 bits per heavy atom. The van der Waals surface area contributed by atoms with Crippen molar-refractivity contribution in [3.05, 3.63) is 95.6 Å². The van der Waals surface area contributed by atoms with E-state index in [0.29, 0.717) is 30.3 Å². The third-order valence-electron chi connectivity index (χ3n) is 4.45. The van der Waals surface area contributed by atoms with Crippen LogP contribution in [0.15, 0.2) is 60.7 Å². The van der Waals surface area contributed by atoms with Gasteiger partial charge in [-0.15, -0.1) is 0 Å². The van der Waals surface area contributed by atoms with Crippen LogP contribution in [0.1, 0.15) is 18.1 Å². The molecule has 0 aliphatic rings. The predicted molar refractivity (Wildman–Crippen MR) is 128 cm³/mol. The lowest BCUT2D eigenvalue weighted by Gasteiger charge is -2.16. The van der Waals surface area contributed by atoms with Crippen LogP contribution in [-0.4, -0.2) is 16.5 Å². The molecule has 0 spiro atoms. The SMILES string of the molecule is CCOc1cc(CNc2cccc([N+](=O)[O-])c2)cc(I)c1OCc1ccc([N+](=O)[O-])cc1. The topological polar surface area (TPSA) is 117 Å². The smallest absolute Gasteiger partial charge is 0.271 e. The molecule has 0 unspecified atom stereocenters. The summed E-state index contributed by atoms with van der Waals surface area (Å²) < 4.78 is 12.6. The zero-order chi connectivity index (χ0) is 23.1. The van der Waals surface area contributed by atoms with E-state index in [0.717, 1.165) is 14.7 Å². The molecule has 1 N–H and O–H groups in total. The highest BCUT2D eigenvalue weighted by atomic mass is 127. The van der Waals surface area contributed by atoms with E-state index >= 15 is 0 Å². The monoisotopic (exact) mass is 549 g/mol. The number of rotatable bonds is 10. The van der Waals surface area contributed by atoms with Crippen molar-refractivity contribution in [2.45, 2.75) is 20.1 Å². The van der Waals surface area contributed by atoms with Crippen molar-refractivity contribution in [1.29, 1.82) is 0 Å². The molecule has 166 valence electrons. The molecule has 32 heavy (non-hydrogen) atoms. The summed E-state index contributed by atoms with van der Waals surface area (Å²) in [5, 5.41) is 24.9. The van der Waals surface area contributed by atoms with Gasteiger partial charge in [0.2, 0.25) is 0 Å². The number of nitro benzene ring substituents is 2. The Balaban J connectivity index is 1.73. The summed E-state index contributed by atoms with van der Waals surface area (Å²) in [7, 11) is 0. The number of halogens is 1. The number of nitrogens with zero attached hydrogens (tertiary/aromatic N) is 2. The lowest BCUT2D eigenvalue weighted by atomic mass is 10.2. The summed E-state index contributed by atoms with van der Waals surface area (Å²) in [6, 6.07) is 16.3. The average Bonchev–Trinajstić information content (AvgIpc) is 2.78. The first-order valence-corrected chi connectivity index (χ1v) is 10.7. The number of nitrogens with one attached hydrogen (secondary N) is 1. The molecule has 3 aromatic carbocycles. The van der Waals surface area contributed by atoms with Gasteiger partial charge in [-0.2, -0.15) is 0 Å².